The number of hydrogen-bond donors (Lipinski definition) is 1. The number of piperidine rings is 1. The standard InChI is InChI=1S/C16H25ClN2O/c1-12(2)18-10-14-15(17)7-4-8-16(14)19-9-5-6-13(11-19)20-3/h4,7-8,12-13,18H,5-6,9-11H2,1-3H3. The minimum atomic E-state index is 0.327. The van der Waals surface area contributed by atoms with E-state index in [1.54, 1.807) is 7.11 Å². The van der Waals surface area contributed by atoms with Crippen LogP contribution in [0.1, 0.15) is 32.3 Å². The van der Waals surface area contributed by atoms with Gasteiger partial charge in [0.2, 0.25) is 0 Å². The second-order valence-electron chi connectivity index (χ2n) is 5.72. The van der Waals surface area contributed by atoms with Gasteiger partial charge >= 0.3 is 0 Å². The Hall–Kier alpha value is -0.770. The highest BCUT2D eigenvalue weighted by Crippen LogP contribution is 2.30. The minimum Gasteiger partial charge on any atom is -0.380 e. The molecule has 1 fully saturated rings. The lowest BCUT2D eigenvalue weighted by molar-refractivity contribution is 0.0893. The summed E-state index contributed by atoms with van der Waals surface area (Å²) in [5.41, 5.74) is 2.44. The molecule has 0 aromatic heterocycles. The maximum absolute atomic E-state index is 6.40. The van der Waals surface area contributed by atoms with Gasteiger partial charge in [-0.15, -0.1) is 0 Å². The van der Waals surface area contributed by atoms with Gasteiger partial charge in [0.1, 0.15) is 0 Å². The van der Waals surface area contributed by atoms with Crippen LogP contribution in [0.2, 0.25) is 5.02 Å². The first-order valence-electron chi connectivity index (χ1n) is 7.40. The van der Waals surface area contributed by atoms with Gasteiger partial charge in [-0.25, -0.2) is 0 Å². The van der Waals surface area contributed by atoms with Crippen LogP contribution >= 0.6 is 11.6 Å². The smallest absolute Gasteiger partial charge is 0.0746 e. The van der Waals surface area contributed by atoms with Crippen LogP contribution in [-0.4, -0.2) is 32.3 Å². The molecule has 112 valence electrons. The summed E-state index contributed by atoms with van der Waals surface area (Å²) >= 11 is 6.40. The molecule has 1 heterocycles. The number of halogens is 1. The molecular formula is C16H25ClN2O. The van der Waals surface area contributed by atoms with Gasteiger partial charge in [-0.2, -0.15) is 0 Å². The Kier molecular flexibility index (Phi) is 5.70. The van der Waals surface area contributed by atoms with Crippen molar-refractivity contribution in [3.63, 3.8) is 0 Å². The van der Waals surface area contributed by atoms with Crippen molar-refractivity contribution in [3.8, 4) is 0 Å². The molecule has 1 saturated heterocycles. The maximum Gasteiger partial charge on any atom is 0.0746 e. The molecule has 3 nitrogen and oxygen atoms in total. The highest BCUT2D eigenvalue weighted by Gasteiger charge is 2.22. The fourth-order valence-corrected chi connectivity index (χ4v) is 2.91. The molecule has 0 bridgehead atoms. The predicted molar refractivity (Wildman–Crippen MR) is 85.7 cm³/mol. The van der Waals surface area contributed by atoms with E-state index in [2.05, 4.69) is 30.1 Å². The van der Waals surface area contributed by atoms with Crippen molar-refractivity contribution in [3.05, 3.63) is 28.8 Å². The Morgan fingerprint density at radius 2 is 2.25 bits per heavy atom. The van der Waals surface area contributed by atoms with E-state index in [1.807, 2.05) is 12.1 Å². The summed E-state index contributed by atoms with van der Waals surface area (Å²) in [5, 5.41) is 4.31. The molecule has 1 atom stereocenters. The lowest BCUT2D eigenvalue weighted by atomic mass is 10.0. The van der Waals surface area contributed by atoms with E-state index in [1.165, 1.54) is 17.7 Å². The zero-order chi connectivity index (χ0) is 14.5. The average Bonchev–Trinajstić information content (AvgIpc) is 2.45. The van der Waals surface area contributed by atoms with E-state index >= 15 is 0 Å². The van der Waals surface area contributed by atoms with Crippen LogP contribution in [0.3, 0.4) is 0 Å². The molecule has 4 heteroatoms. The van der Waals surface area contributed by atoms with Gasteiger partial charge in [-0.1, -0.05) is 31.5 Å². The van der Waals surface area contributed by atoms with E-state index in [9.17, 15) is 0 Å². The van der Waals surface area contributed by atoms with Crippen LogP contribution in [0, 0.1) is 0 Å². The minimum absolute atomic E-state index is 0.327. The summed E-state index contributed by atoms with van der Waals surface area (Å²) in [4.78, 5) is 2.40. The molecule has 0 saturated carbocycles. The molecular weight excluding hydrogens is 272 g/mol. The first-order chi connectivity index (χ1) is 9.61. The summed E-state index contributed by atoms with van der Waals surface area (Å²) in [5.74, 6) is 0. The van der Waals surface area contributed by atoms with E-state index in [0.29, 0.717) is 12.1 Å². The van der Waals surface area contributed by atoms with Crippen molar-refractivity contribution in [1.82, 2.24) is 5.32 Å². The van der Waals surface area contributed by atoms with E-state index in [-0.39, 0.29) is 0 Å². The molecule has 1 aromatic rings. The van der Waals surface area contributed by atoms with Crippen LogP contribution in [0.5, 0.6) is 0 Å². The Morgan fingerprint density at radius 3 is 2.95 bits per heavy atom. The molecule has 0 aliphatic carbocycles. The predicted octanol–water partition coefficient (Wildman–Crippen LogP) is 3.45. The molecule has 1 aliphatic rings. The number of rotatable bonds is 5. The summed E-state index contributed by atoms with van der Waals surface area (Å²) in [6.45, 7) is 7.14. The van der Waals surface area contributed by atoms with Crippen LogP contribution in [0.15, 0.2) is 18.2 Å². The summed E-state index contributed by atoms with van der Waals surface area (Å²) in [7, 11) is 1.80. The molecule has 20 heavy (non-hydrogen) atoms. The van der Waals surface area contributed by atoms with Crippen molar-refractivity contribution in [2.45, 2.75) is 45.4 Å². The number of anilines is 1. The normalized spacial score (nSPS) is 19.6. The number of ether oxygens (including phenoxy) is 1. The van der Waals surface area contributed by atoms with Crippen LogP contribution in [-0.2, 0) is 11.3 Å². The molecule has 1 unspecified atom stereocenters. The Morgan fingerprint density at radius 1 is 1.45 bits per heavy atom. The van der Waals surface area contributed by atoms with Crippen molar-refractivity contribution in [2.24, 2.45) is 0 Å². The zero-order valence-electron chi connectivity index (χ0n) is 12.7. The van der Waals surface area contributed by atoms with Crippen LogP contribution in [0.25, 0.3) is 0 Å². The van der Waals surface area contributed by atoms with Crippen molar-refractivity contribution in [1.29, 1.82) is 0 Å². The third-order valence-electron chi connectivity index (χ3n) is 3.83. The monoisotopic (exact) mass is 296 g/mol. The van der Waals surface area contributed by atoms with Crippen LogP contribution < -0.4 is 10.2 Å². The molecule has 0 radical (unpaired) electrons. The summed E-state index contributed by atoms with van der Waals surface area (Å²) < 4.78 is 5.52. The lowest BCUT2D eigenvalue weighted by Gasteiger charge is -2.35. The molecule has 0 spiro atoms. The topological polar surface area (TPSA) is 24.5 Å². The Labute approximate surface area is 127 Å². The second-order valence-corrected chi connectivity index (χ2v) is 6.13. The van der Waals surface area contributed by atoms with E-state index in [4.69, 9.17) is 16.3 Å². The van der Waals surface area contributed by atoms with E-state index < -0.39 is 0 Å². The fraction of sp³-hybridized carbons (Fsp3) is 0.625. The third kappa shape index (κ3) is 3.87. The molecule has 1 aliphatic heterocycles. The van der Waals surface area contributed by atoms with E-state index in [0.717, 1.165) is 31.1 Å². The molecule has 1 N–H and O–H groups in total. The number of hydrogen-bond acceptors (Lipinski definition) is 3. The molecule has 1 aromatic carbocycles. The number of benzene rings is 1. The molecule has 2 rings (SSSR count). The fourth-order valence-electron chi connectivity index (χ4n) is 2.67. The van der Waals surface area contributed by atoms with Crippen molar-refractivity contribution >= 4 is 17.3 Å². The van der Waals surface area contributed by atoms with Gasteiger partial charge in [0.05, 0.1) is 6.10 Å². The largest absolute Gasteiger partial charge is 0.380 e. The number of nitrogens with zero attached hydrogens (tertiary/aromatic N) is 1. The zero-order valence-corrected chi connectivity index (χ0v) is 13.4. The van der Waals surface area contributed by atoms with Gasteiger partial charge in [-0.05, 0) is 25.0 Å². The second kappa shape index (κ2) is 7.30. The molecule has 0 amide bonds. The first kappa shape index (κ1) is 15.6. The van der Waals surface area contributed by atoms with Gasteiger partial charge in [0.25, 0.3) is 0 Å². The van der Waals surface area contributed by atoms with Crippen molar-refractivity contribution in [2.75, 3.05) is 25.1 Å². The first-order valence-corrected chi connectivity index (χ1v) is 7.78. The lowest BCUT2D eigenvalue weighted by Crippen LogP contribution is -2.40. The van der Waals surface area contributed by atoms with Gasteiger partial charge in [0, 0.05) is 49.1 Å². The quantitative estimate of drug-likeness (QED) is 0.901. The van der Waals surface area contributed by atoms with Gasteiger partial charge in [-0.3, -0.25) is 0 Å². The highest BCUT2D eigenvalue weighted by atomic mass is 35.5. The highest BCUT2D eigenvalue weighted by molar-refractivity contribution is 6.31. The summed E-state index contributed by atoms with van der Waals surface area (Å²) in [6.07, 6.45) is 2.64. The number of methoxy groups -OCH3 is 1. The third-order valence-corrected chi connectivity index (χ3v) is 4.19. The average molecular weight is 297 g/mol. The number of nitrogens with one attached hydrogen (secondary N) is 1. The van der Waals surface area contributed by atoms with Crippen LogP contribution in [0.4, 0.5) is 5.69 Å². The summed E-state index contributed by atoms with van der Waals surface area (Å²) in [6, 6.07) is 6.63. The maximum atomic E-state index is 6.40. The Balaban J connectivity index is 2.19. The van der Waals surface area contributed by atoms with Gasteiger partial charge in [0.15, 0.2) is 0 Å². The Bertz CT molecular complexity index is 436. The van der Waals surface area contributed by atoms with Gasteiger partial charge < -0.3 is 15.0 Å². The van der Waals surface area contributed by atoms with Crippen molar-refractivity contribution < 1.29 is 4.74 Å². The SMILES string of the molecule is COC1CCCN(c2cccc(Cl)c2CNC(C)C)C1.